The summed E-state index contributed by atoms with van der Waals surface area (Å²) < 4.78 is 11.8. The molecule has 0 bridgehead atoms. The van der Waals surface area contributed by atoms with Crippen molar-refractivity contribution in [2.45, 2.75) is 70.9 Å². The summed E-state index contributed by atoms with van der Waals surface area (Å²) in [4.78, 5) is 0. The Morgan fingerprint density at radius 2 is 1.95 bits per heavy atom. The molecule has 0 aromatic heterocycles. The number of hydrogen-bond donors (Lipinski definition) is 1. The lowest BCUT2D eigenvalue weighted by atomic mass is 9.58. The smallest absolute Gasteiger partial charge is 0.0939 e. The van der Waals surface area contributed by atoms with E-state index in [4.69, 9.17) is 15.2 Å². The van der Waals surface area contributed by atoms with E-state index in [0.717, 1.165) is 38.1 Å². The summed E-state index contributed by atoms with van der Waals surface area (Å²) in [5.74, 6) is 2.19. The van der Waals surface area contributed by atoms with Crippen LogP contribution in [0.3, 0.4) is 0 Å². The summed E-state index contributed by atoms with van der Waals surface area (Å²) in [5, 5.41) is 0. The van der Waals surface area contributed by atoms with Crippen LogP contribution >= 0.6 is 0 Å². The van der Waals surface area contributed by atoms with Crippen molar-refractivity contribution in [2.75, 3.05) is 19.8 Å². The predicted octanol–water partition coefficient (Wildman–Crippen LogP) is 3.36. The van der Waals surface area contributed by atoms with Crippen molar-refractivity contribution in [3.8, 4) is 0 Å². The molecule has 3 fully saturated rings. The van der Waals surface area contributed by atoms with Crippen molar-refractivity contribution < 1.29 is 9.47 Å². The van der Waals surface area contributed by atoms with E-state index in [9.17, 15) is 0 Å². The van der Waals surface area contributed by atoms with E-state index in [1.165, 1.54) is 32.1 Å². The summed E-state index contributed by atoms with van der Waals surface area (Å²) in [6.07, 6.45) is 7.28. The van der Waals surface area contributed by atoms with Crippen LogP contribution in [-0.4, -0.2) is 31.5 Å². The highest BCUT2D eigenvalue weighted by atomic mass is 16.6. The Labute approximate surface area is 129 Å². The van der Waals surface area contributed by atoms with E-state index in [1.807, 2.05) is 0 Å². The molecule has 0 radical (unpaired) electrons. The molecule has 1 aliphatic carbocycles. The van der Waals surface area contributed by atoms with Crippen LogP contribution in [0.2, 0.25) is 0 Å². The maximum absolute atomic E-state index is 6.55. The van der Waals surface area contributed by atoms with Crippen LogP contribution in [0.15, 0.2) is 0 Å². The van der Waals surface area contributed by atoms with Crippen LogP contribution in [0.4, 0.5) is 0 Å². The second-order valence-electron chi connectivity index (χ2n) is 8.53. The van der Waals surface area contributed by atoms with Crippen LogP contribution in [-0.2, 0) is 9.47 Å². The van der Waals surface area contributed by atoms with E-state index in [2.05, 4.69) is 20.8 Å². The molecule has 3 heteroatoms. The topological polar surface area (TPSA) is 44.5 Å². The first-order valence-electron chi connectivity index (χ1n) is 8.90. The van der Waals surface area contributed by atoms with Gasteiger partial charge in [-0.25, -0.2) is 0 Å². The summed E-state index contributed by atoms with van der Waals surface area (Å²) in [6.45, 7) is 9.85. The molecule has 2 saturated heterocycles. The number of rotatable bonds is 2. The molecule has 0 aromatic rings. The first-order valence-corrected chi connectivity index (χ1v) is 8.90. The Kier molecular flexibility index (Phi) is 4.37. The molecular formula is C18H33NO2. The zero-order valence-electron chi connectivity index (χ0n) is 14.1. The monoisotopic (exact) mass is 295 g/mol. The Hall–Kier alpha value is -0.120. The maximum Gasteiger partial charge on any atom is 0.0939 e. The number of nitrogens with two attached hydrogens (primary N) is 1. The number of hydrogen-bond acceptors (Lipinski definition) is 3. The molecule has 5 atom stereocenters. The van der Waals surface area contributed by atoms with Crippen molar-refractivity contribution in [1.82, 2.24) is 0 Å². The molecule has 5 unspecified atom stereocenters. The van der Waals surface area contributed by atoms with Gasteiger partial charge in [-0.15, -0.1) is 0 Å². The highest BCUT2D eigenvalue weighted by Gasteiger charge is 2.48. The Morgan fingerprint density at radius 3 is 2.62 bits per heavy atom. The van der Waals surface area contributed by atoms with Gasteiger partial charge in [0.25, 0.3) is 0 Å². The van der Waals surface area contributed by atoms with Crippen LogP contribution in [0, 0.1) is 23.2 Å². The molecule has 2 heterocycles. The van der Waals surface area contributed by atoms with E-state index in [-0.39, 0.29) is 5.60 Å². The minimum absolute atomic E-state index is 0.0201. The third-order valence-electron chi connectivity index (χ3n) is 6.73. The SMILES string of the molecule is CC1CCC(C(C)(C)C2CCOC3(CCOC3)C2)C(N)C1. The molecule has 1 saturated carbocycles. The average Bonchev–Trinajstić information content (AvgIpc) is 2.86. The van der Waals surface area contributed by atoms with Crippen LogP contribution < -0.4 is 5.73 Å². The molecular weight excluding hydrogens is 262 g/mol. The molecule has 0 amide bonds. The lowest BCUT2D eigenvalue weighted by Gasteiger charge is -2.51. The van der Waals surface area contributed by atoms with Crippen molar-refractivity contribution in [1.29, 1.82) is 0 Å². The van der Waals surface area contributed by atoms with Crippen LogP contribution in [0.1, 0.15) is 59.3 Å². The minimum Gasteiger partial charge on any atom is -0.378 e. The summed E-state index contributed by atoms with van der Waals surface area (Å²) in [7, 11) is 0. The zero-order valence-corrected chi connectivity index (χ0v) is 14.1. The summed E-state index contributed by atoms with van der Waals surface area (Å²) in [6, 6.07) is 0.377. The van der Waals surface area contributed by atoms with Gasteiger partial charge in [0, 0.05) is 25.7 Å². The molecule has 1 spiro atoms. The highest BCUT2D eigenvalue weighted by molar-refractivity contribution is 4.99. The van der Waals surface area contributed by atoms with Crippen LogP contribution in [0.5, 0.6) is 0 Å². The molecule has 3 rings (SSSR count). The molecule has 2 aliphatic heterocycles. The van der Waals surface area contributed by atoms with Gasteiger partial charge in [-0.1, -0.05) is 27.2 Å². The number of ether oxygens (including phenoxy) is 2. The fourth-order valence-electron chi connectivity index (χ4n) is 5.18. The first kappa shape index (κ1) is 15.8. The van der Waals surface area contributed by atoms with E-state index < -0.39 is 0 Å². The maximum atomic E-state index is 6.55. The normalized spacial score (nSPS) is 45.1. The van der Waals surface area contributed by atoms with Crippen molar-refractivity contribution in [3.63, 3.8) is 0 Å². The first-order chi connectivity index (χ1) is 9.93. The van der Waals surface area contributed by atoms with Crippen molar-refractivity contribution >= 4 is 0 Å². The lowest BCUT2D eigenvalue weighted by Crippen LogP contribution is -2.51. The third kappa shape index (κ3) is 3.02. The van der Waals surface area contributed by atoms with E-state index >= 15 is 0 Å². The lowest BCUT2D eigenvalue weighted by molar-refractivity contribution is -0.126. The van der Waals surface area contributed by atoms with Crippen molar-refractivity contribution in [3.05, 3.63) is 0 Å². The fourth-order valence-corrected chi connectivity index (χ4v) is 5.18. The second kappa shape index (κ2) is 5.82. The molecule has 3 nitrogen and oxygen atoms in total. The van der Waals surface area contributed by atoms with Gasteiger partial charge in [-0.05, 0) is 48.9 Å². The molecule has 122 valence electrons. The van der Waals surface area contributed by atoms with E-state index in [1.54, 1.807) is 0 Å². The molecule has 3 aliphatic rings. The Bertz CT molecular complexity index is 362. The predicted molar refractivity (Wildman–Crippen MR) is 85.1 cm³/mol. The molecule has 21 heavy (non-hydrogen) atoms. The summed E-state index contributed by atoms with van der Waals surface area (Å²) >= 11 is 0. The molecule has 2 N–H and O–H groups in total. The Morgan fingerprint density at radius 1 is 1.14 bits per heavy atom. The van der Waals surface area contributed by atoms with Gasteiger partial charge in [0.1, 0.15) is 0 Å². The van der Waals surface area contributed by atoms with Crippen LogP contribution in [0.25, 0.3) is 0 Å². The van der Waals surface area contributed by atoms with Gasteiger partial charge in [0.05, 0.1) is 12.2 Å². The third-order valence-corrected chi connectivity index (χ3v) is 6.73. The Balaban J connectivity index is 1.71. The average molecular weight is 295 g/mol. The standard InChI is InChI=1S/C18H33NO2/c1-13-4-5-15(16(19)10-13)17(2,3)14-6-8-21-18(11-14)7-9-20-12-18/h13-16H,4-12,19H2,1-3H3. The quantitative estimate of drug-likeness (QED) is 0.849. The van der Waals surface area contributed by atoms with Gasteiger partial charge >= 0.3 is 0 Å². The van der Waals surface area contributed by atoms with Gasteiger partial charge < -0.3 is 15.2 Å². The minimum atomic E-state index is 0.0201. The summed E-state index contributed by atoms with van der Waals surface area (Å²) in [5.41, 5.74) is 6.89. The van der Waals surface area contributed by atoms with Crippen molar-refractivity contribution in [2.24, 2.45) is 28.9 Å². The van der Waals surface area contributed by atoms with E-state index in [0.29, 0.717) is 17.4 Å². The second-order valence-corrected chi connectivity index (χ2v) is 8.53. The molecule has 0 aromatic carbocycles. The van der Waals surface area contributed by atoms with Gasteiger partial charge in [0.2, 0.25) is 0 Å². The fraction of sp³-hybridized carbons (Fsp3) is 1.00. The van der Waals surface area contributed by atoms with Gasteiger partial charge in [-0.3, -0.25) is 0 Å². The highest BCUT2D eigenvalue weighted by Crippen LogP contribution is 2.50. The van der Waals surface area contributed by atoms with Gasteiger partial charge in [0.15, 0.2) is 0 Å². The van der Waals surface area contributed by atoms with Gasteiger partial charge in [-0.2, -0.15) is 0 Å². The zero-order chi connectivity index (χ0) is 15.1. The largest absolute Gasteiger partial charge is 0.378 e.